The quantitative estimate of drug-likeness (QED) is 0.165. The molecule has 248 valence electrons. The summed E-state index contributed by atoms with van der Waals surface area (Å²) in [6.45, 7) is 15.9. The molecule has 1 aromatic heterocycles. The highest BCUT2D eigenvalue weighted by molar-refractivity contribution is 6.08. The predicted molar refractivity (Wildman–Crippen MR) is 216 cm³/mol. The van der Waals surface area contributed by atoms with Gasteiger partial charge in [-0.05, 0) is 99.5 Å². The molecule has 0 saturated carbocycles. The van der Waals surface area contributed by atoms with Crippen LogP contribution in [-0.2, 0) is 10.8 Å². The van der Waals surface area contributed by atoms with Gasteiger partial charge >= 0.3 is 0 Å². The Labute approximate surface area is 300 Å². The molecule has 2 aliphatic rings. The number of benzene rings is 6. The molecule has 0 bridgehead atoms. The second-order valence-electron chi connectivity index (χ2n) is 15.1. The van der Waals surface area contributed by atoms with Gasteiger partial charge in [0.1, 0.15) is 11.2 Å². The standard InChI is InChI=1S/C49H41NO/c1-7-32(24-23-31(2)35-18-14-19-41-40-17-10-13-22-46(40)51-47(35)41)50(33-25-27-38-36-15-8-11-20-42(36)48(3,4)44(38)29-33)34-26-28-39-37-16-9-12-21-43(37)49(5,6)45(39)30-34/h7-30H,1H2,2-6H3/b31-23+,32-24+. The van der Waals surface area contributed by atoms with Crippen molar-refractivity contribution < 1.29 is 4.42 Å². The lowest BCUT2D eigenvalue weighted by Gasteiger charge is -2.30. The zero-order valence-electron chi connectivity index (χ0n) is 29.9. The van der Waals surface area contributed by atoms with Crippen LogP contribution in [0.5, 0.6) is 0 Å². The van der Waals surface area contributed by atoms with Gasteiger partial charge in [-0.2, -0.15) is 0 Å². The maximum Gasteiger partial charge on any atom is 0.142 e. The number of hydrogen-bond acceptors (Lipinski definition) is 2. The molecular formula is C49H41NO. The largest absolute Gasteiger partial charge is 0.455 e. The lowest BCUT2D eigenvalue weighted by atomic mass is 9.82. The summed E-state index contributed by atoms with van der Waals surface area (Å²) in [6.07, 6.45) is 6.38. The average Bonchev–Trinajstić information content (AvgIpc) is 3.73. The summed E-state index contributed by atoms with van der Waals surface area (Å²) in [5.74, 6) is 0. The van der Waals surface area contributed by atoms with Crippen LogP contribution < -0.4 is 4.90 Å². The van der Waals surface area contributed by atoms with Gasteiger partial charge in [0.25, 0.3) is 0 Å². The third-order valence-electron chi connectivity index (χ3n) is 11.5. The Kier molecular flexibility index (Phi) is 6.92. The minimum absolute atomic E-state index is 0.116. The van der Waals surface area contributed by atoms with E-state index < -0.39 is 0 Å². The highest BCUT2D eigenvalue weighted by Crippen LogP contribution is 2.52. The van der Waals surface area contributed by atoms with Crippen molar-refractivity contribution in [2.24, 2.45) is 0 Å². The molecule has 6 aromatic carbocycles. The normalized spacial score (nSPS) is 15.4. The Morgan fingerprint density at radius 2 is 1.10 bits per heavy atom. The van der Waals surface area contributed by atoms with Crippen LogP contribution in [0.3, 0.4) is 0 Å². The van der Waals surface area contributed by atoms with E-state index in [2.05, 4.69) is 174 Å². The van der Waals surface area contributed by atoms with Crippen LogP contribution in [0.4, 0.5) is 11.4 Å². The van der Waals surface area contributed by atoms with Crippen molar-refractivity contribution >= 4 is 38.9 Å². The Hall–Kier alpha value is -5.86. The first-order valence-corrected chi connectivity index (χ1v) is 17.9. The van der Waals surface area contributed by atoms with Crippen molar-refractivity contribution in [3.8, 4) is 22.3 Å². The molecule has 0 aliphatic heterocycles. The number of anilines is 2. The molecule has 0 amide bonds. The number of fused-ring (bicyclic) bond motifs is 9. The molecule has 51 heavy (non-hydrogen) atoms. The fourth-order valence-corrected chi connectivity index (χ4v) is 8.70. The minimum Gasteiger partial charge on any atom is -0.455 e. The van der Waals surface area contributed by atoms with Crippen LogP contribution in [0, 0.1) is 0 Å². The van der Waals surface area contributed by atoms with Crippen molar-refractivity contribution in [3.05, 3.63) is 186 Å². The van der Waals surface area contributed by atoms with Crippen molar-refractivity contribution in [2.75, 3.05) is 4.90 Å². The van der Waals surface area contributed by atoms with Crippen LogP contribution in [0.1, 0.15) is 62.4 Å². The fourth-order valence-electron chi connectivity index (χ4n) is 8.70. The summed E-state index contributed by atoms with van der Waals surface area (Å²) < 4.78 is 6.41. The van der Waals surface area contributed by atoms with Gasteiger partial charge in [0.15, 0.2) is 0 Å². The van der Waals surface area contributed by atoms with Crippen molar-refractivity contribution in [1.82, 2.24) is 0 Å². The topological polar surface area (TPSA) is 16.4 Å². The minimum atomic E-state index is -0.116. The molecule has 1 heterocycles. The smallest absolute Gasteiger partial charge is 0.142 e. The van der Waals surface area contributed by atoms with Gasteiger partial charge < -0.3 is 9.32 Å². The fraction of sp³-hybridized carbons (Fsp3) is 0.143. The van der Waals surface area contributed by atoms with Gasteiger partial charge in [-0.1, -0.05) is 137 Å². The molecular weight excluding hydrogens is 619 g/mol. The first-order chi connectivity index (χ1) is 24.7. The zero-order chi connectivity index (χ0) is 35.1. The lowest BCUT2D eigenvalue weighted by molar-refractivity contribution is 0.660. The summed E-state index contributed by atoms with van der Waals surface area (Å²) in [6, 6.07) is 46.3. The maximum absolute atomic E-state index is 6.41. The highest BCUT2D eigenvalue weighted by Gasteiger charge is 2.37. The van der Waals surface area contributed by atoms with E-state index in [4.69, 9.17) is 4.42 Å². The molecule has 0 atom stereocenters. The van der Waals surface area contributed by atoms with Crippen molar-refractivity contribution in [2.45, 2.75) is 45.4 Å². The molecule has 0 unspecified atom stereocenters. The average molecular weight is 660 g/mol. The van der Waals surface area contributed by atoms with E-state index in [0.29, 0.717) is 0 Å². The molecule has 7 aromatic rings. The first-order valence-electron chi connectivity index (χ1n) is 17.9. The van der Waals surface area contributed by atoms with Crippen LogP contribution in [-0.4, -0.2) is 0 Å². The van der Waals surface area contributed by atoms with E-state index in [9.17, 15) is 0 Å². The van der Waals surface area contributed by atoms with Crippen molar-refractivity contribution in [1.29, 1.82) is 0 Å². The van der Waals surface area contributed by atoms with Gasteiger partial charge in [-0.25, -0.2) is 0 Å². The molecule has 2 aliphatic carbocycles. The maximum atomic E-state index is 6.41. The molecule has 2 heteroatoms. The third-order valence-corrected chi connectivity index (χ3v) is 11.5. The summed E-state index contributed by atoms with van der Waals surface area (Å²) in [5.41, 5.74) is 17.7. The van der Waals surface area contributed by atoms with E-state index >= 15 is 0 Å². The monoisotopic (exact) mass is 659 g/mol. The number of nitrogens with zero attached hydrogens (tertiary/aromatic N) is 1. The second-order valence-corrected chi connectivity index (χ2v) is 15.1. The number of rotatable bonds is 6. The van der Waals surface area contributed by atoms with Gasteiger partial charge in [0, 0.05) is 44.2 Å². The third kappa shape index (κ3) is 4.63. The van der Waals surface area contributed by atoms with E-state index in [1.807, 2.05) is 18.2 Å². The van der Waals surface area contributed by atoms with E-state index in [0.717, 1.165) is 50.1 Å². The van der Waals surface area contributed by atoms with Crippen LogP contribution in [0.25, 0.3) is 49.8 Å². The summed E-state index contributed by atoms with van der Waals surface area (Å²) in [4.78, 5) is 2.37. The molecule has 0 radical (unpaired) electrons. The number of hydrogen-bond donors (Lipinski definition) is 0. The van der Waals surface area contributed by atoms with Crippen molar-refractivity contribution in [3.63, 3.8) is 0 Å². The molecule has 2 nitrogen and oxygen atoms in total. The summed E-state index contributed by atoms with van der Waals surface area (Å²) in [5, 5.41) is 2.27. The first kappa shape index (κ1) is 31.1. The Morgan fingerprint density at radius 3 is 1.71 bits per heavy atom. The Morgan fingerprint density at radius 1 is 0.569 bits per heavy atom. The molecule has 0 fully saturated rings. The van der Waals surface area contributed by atoms with Crippen LogP contribution in [0.2, 0.25) is 0 Å². The number of para-hydroxylation sites is 2. The van der Waals surface area contributed by atoms with Gasteiger partial charge in [-0.3, -0.25) is 0 Å². The molecule has 0 N–H and O–H groups in total. The van der Waals surface area contributed by atoms with E-state index in [1.165, 1.54) is 44.5 Å². The lowest BCUT2D eigenvalue weighted by Crippen LogP contribution is -2.19. The summed E-state index contributed by atoms with van der Waals surface area (Å²) >= 11 is 0. The summed E-state index contributed by atoms with van der Waals surface area (Å²) in [7, 11) is 0. The van der Waals surface area contributed by atoms with E-state index in [1.54, 1.807) is 0 Å². The Balaban J connectivity index is 1.21. The van der Waals surface area contributed by atoms with Gasteiger partial charge in [-0.15, -0.1) is 0 Å². The second kappa shape index (κ2) is 11.3. The Bertz CT molecular complexity index is 2520. The number of allylic oxidation sites excluding steroid dienone is 4. The van der Waals surface area contributed by atoms with E-state index in [-0.39, 0.29) is 10.8 Å². The van der Waals surface area contributed by atoms with Gasteiger partial charge in [0.05, 0.1) is 0 Å². The highest BCUT2D eigenvalue weighted by atomic mass is 16.3. The van der Waals surface area contributed by atoms with Crippen LogP contribution >= 0.6 is 0 Å². The zero-order valence-corrected chi connectivity index (χ0v) is 29.9. The predicted octanol–water partition coefficient (Wildman–Crippen LogP) is 13.5. The number of furan rings is 1. The molecule has 9 rings (SSSR count). The van der Waals surface area contributed by atoms with Crippen LogP contribution in [0.15, 0.2) is 162 Å². The SMILES string of the molecule is C=C/C(=C\C=C(/C)c1cccc2c1oc1ccccc12)N(c1ccc2c(c1)C(C)(C)c1ccccc1-2)c1ccc2c(c1)C(C)(C)c1ccccc1-2. The molecule has 0 saturated heterocycles. The molecule has 0 spiro atoms. The van der Waals surface area contributed by atoms with Gasteiger partial charge in [0.2, 0.25) is 0 Å².